The summed E-state index contributed by atoms with van der Waals surface area (Å²) in [5.74, 6) is 0. The molecule has 1 amide bonds. The molecule has 5 heteroatoms. The Morgan fingerprint density at radius 2 is 2.16 bits per heavy atom. The molecular formula is C20H29N3O2. The van der Waals surface area contributed by atoms with Gasteiger partial charge in [-0.3, -0.25) is 0 Å². The molecule has 1 saturated heterocycles. The van der Waals surface area contributed by atoms with Crippen molar-refractivity contribution in [3.63, 3.8) is 0 Å². The highest BCUT2D eigenvalue weighted by Crippen LogP contribution is 2.18. The molecule has 2 aromatic rings. The summed E-state index contributed by atoms with van der Waals surface area (Å²) >= 11 is 0. The van der Waals surface area contributed by atoms with E-state index in [9.17, 15) is 4.79 Å². The van der Waals surface area contributed by atoms with Crippen molar-refractivity contribution >= 4 is 17.0 Å². The number of H-pyrrole nitrogens is 1. The zero-order chi connectivity index (χ0) is 17.9. The van der Waals surface area contributed by atoms with Crippen molar-refractivity contribution < 1.29 is 9.53 Å². The van der Waals surface area contributed by atoms with Crippen LogP contribution in [-0.2, 0) is 11.2 Å². The zero-order valence-corrected chi connectivity index (χ0v) is 15.5. The summed E-state index contributed by atoms with van der Waals surface area (Å²) in [6, 6.07) is 8.73. The normalized spacial score (nSPS) is 18.5. The maximum absolute atomic E-state index is 12.2. The molecule has 1 aliphatic rings. The number of piperidine rings is 1. The van der Waals surface area contributed by atoms with Gasteiger partial charge in [0, 0.05) is 36.2 Å². The van der Waals surface area contributed by atoms with Gasteiger partial charge in [0.15, 0.2) is 0 Å². The van der Waals surface area contributed by atoms with Gasteiger partial charge in [0.05, 0.1) is 0 Å². The van der Waals surface area contributed by atoms with Gasteiger partial charge < -0.3 is 19.9 Å². The molecule has 0 aliphatic carbocycles. The molecular weight excluding hydrogens is 314 g/mol. The van der Waals surface area contributed by atoms with Crippen molar-refractivity contribution in [1.29, 1.82) is 0 Å². The zero-order valence-electron chi connectivity index (χ0n) is 15.5. The molecule has 1 fully saturated rings. The summed E-state index contributed by atoms with van der Waals surface area (Å²) in [6.07, 6.45) is 5.00. The van der Waals surface area contributed by atoms with Crippen LogP contribution in [0.4, 0.5) is 4.79 Å². The Labute approximate surface area is 149 Å². The smallest absolute Gasteiger partial charge is 0.410 e. The second-order valence-corrected chi connectivity index (χ2v) is 7.83. The third-order valence-corrected chi connectivity index (χ3v) is 4.58. The van der Waals surface area contributed by atoms with E-state index < -0.39 is 5.60 Å². The fourth-order valence-electron chi connectivity index (χ4n) is 3.39. The molecule has 1 atom stereocenters. The molecule has 3 rings (SSSR count). The first kappa shape index (κ1) is 17.8. The maximum atomic E-state index is 12.2. The molecule has 0 unspecified atom stereocenters. The highest BCUT2D eigenvalue weighted by atomic mass is 16.6. The average Bonchev–Trinajstić information content (AvgIpc) is 2.97. The molecule has 5 nitrogen and oxygen atoms in total. The molecule has 1 aromatic carbocycles. The van der Waals surface area contributed by atoms with Gasteiger partial charge in [-0.15, -0.1) is 0 Å². The number of aromatic amines is 1. The van der Waals surface area contributed by atoms with Crippen LogP contribution in [0.25, 0.3) is 10.9 Å². The van der Waals surface area contributed by atoms with Gasteiger partial charge in [0.25, 0.3) is 0 Å². The third-order valence-electron chi connectivity index (χ3n) is 4.58. The molecule has 0 spiro atoms. The predicted octanol–water partition coefficient (Wildman–Crippen LogP) is 3.70. The number of nitrogens with zero attached hydrogens (tertiary/aromatic N) is 1. The van der Waals surface area contributed by atoms with Crippen LogP contribution in [0.3, 0.4) is 0 Å². The second kappa shape index (κ2) is 7.48. The highest BCUT2D eigenvalue weighted by molar-refractivity contribution is 5.83. The first-order chi connectivity index (χ1) is 11.9. The van der Waals surface area contributed by atoms with Gasteiger partial charge >= 0.3 is 6.09 Å². The quantitative estimate of drug-likeness (QED) is 0.890. The van der Waals surface area contributed by atoms with E-state index in [0.29, 0.717) is 6.04 Å². The number of rotatable bonds is 4. The SMILES string of the molecule is CC(C)(C)OC(=O)N1CCC[C@@H](NCCc2c[nH]c3ccccc23)C1. The van der Waals surface area contributed by atoms with Crippen LogP contribution in [0.5, 0.6) is 0 Å². The first-order valence-electron chi connectivity index (χ1n) is 9.19. The minimum atomic E-state index is -0.438. The lowest BCUT2D eigenvalue weighted by atomic mass is 10.1. The molecule has 1 aliphatic heterocycles. The van der Waals surface area contributed by atoms with Gasteiger partial charge in [0.2, 0.25) is 0 Å². The number of likely N-dealkylation sites (tertiary alicyclic amines) is 1. The van der Waals surface area contributed by atoms with Crippen LogP contribution in [0.1, 0.15) is 39.2 Å². The van der Waals surface area contributed by atoms with Crippen LogP contribution < -0.4 is 5.32 Å². The van der Waals surface area contributed by atoms with E-state index in [1.807, 2.05) is 31.7 Å². The minimum absolute atomic E-state index is 0.198. The number of carbonyl (C=O) groups excluding carboxylic acids is 1. The van der Waals surface area contributed by atoms with Crippen molar-refractivity contribution in [3.05, 3.63) is 36.0 Å². The molecule has 0 saturated carbocycles. The Hall–Kier alpha value is -2.01. The number of fused-ring (bicyclic) bond motifs is 1. The van der Waals surface area contributed by atoms with E-state index in [0.717, 1.165) is 38.9 Å². The highest BCUT2D eigenvalue weighted by Gasteiger charge is 2.27. The summed E-state index contributed by atoms with van der Waals surface area (Å²) in [5, 5.41) is 4.90. The monoisotopic (exact) mass is 343 g/mol. The maximum Gasteiger partial charge on any atom is 0.410 e. The van der Waals surface area contributed by atoms with E-state index in [4.69, 9.17) is 4.74 Å². The van der Waals surface area contributed by atoms with E-state index in [1.165, 1.54) is 16.5 Å². The topological polar surface area (TPSA) is 57.4 Å². The summed E-state index contributed by atoms with van der Waals surface area (Å²) in [5.41, 5.74) is 2.08. The Morgan fingerprint density at radius 1 is 1.36 bits per heavy atom. The van der Waals surface area contributed by atoms with E-state index in [2.05, 4.69) is 34.7 Å². The van der Waals surface area contributed by atoms with Crippen molar-refractivity contribution in [3.8, 4) is 0 Å². The van der Waals surface area contributed by atoms with Gasteiger partial charge in [0.1, 0.15) is 5.60 Å². The molecule has 2 N–H and O–H groups in total. The fourth-order valence-corrected chi connectivity index (χ4v) is 3.39. The number of nitrogens with one attached hydrogen (secondary N) is 2. The van der Waals surface area contributed by atoms with Crippen LogP contribution in [-0.4, -0.2) is 47.3 Å². The molecule has 25 heavy (non-hydrogen) atoms. The number of amides is 1. The second-order valence-electron chi connectivity index (χ2n) is 7.83. The van der Waals surface area contributed by atoms with E-state index in [-0.39, 0.29) is 6.09 Å². The van der Waals surface area contributed by atoms with Gasteiger partial charge in [-0.2, -0.15) is 0 Å². The number of aromatic nitrogens is 1. The lowest BCUT2D eigenvalue weighted by molar-refractivity contribution is 0.0188. The fraction of sp³-hybridized carbons (Fsp3) is 0.550. The average molecular weight is 343 g/mol. The Bertz CT molecular complexity index is 717. The van der Waals surface area contributed by atoms with Crippen LogP contribution >= 0.6 is 0 Å². The molecule has 0 radical (unpaired) electrons. The van der Waals surface area contributed by atoms with Crippen LogP contribution in [0.2, 0.25) is 0 Å². The lowest BCUT2D eigenvalue weighted by Gasteiger charge is -2.34. The Morgan fingerprint density at radius 3 is 2.96 bits per heavy atom. The molecule has 0 bridgehead atoms. The van der Waals surface area contributed by atoms with E-state index >= 15 is 0 Å². The largest absolute Gasteiger partial charge is 0.444 e. The minimum Gasteiger partial charge on any atom is -0.444 e. The number of carbonyl (C=O) groups is 1. The van der Waals surface area contributed by atoms with Crippen molar-refractivity contribution in [1.82, 2.24) is 15.2 Å². The number of para-hydroxylation sites is 1. The van der Waals surface area contributed by atoms with Gasteiger partial charge in [-0.1, -0.05) is 18.2 Å². The summed E-state index contributed by atoms with van der Waals surface area (Å²) in [4.78, 5) is 17.4. The summed E-state index contributed by atoms with van der Waals surface area (Å²) < 4.78 is 5.49. The molecule has 2 heterocycles. The van der Waals surface area contributed by atoms with E-state index in [1.54, 1.807) is 0 Å². The van der Waals surface area contributed by atoms with Gasteiger partial charge in [-0.25, -0.2) is 4.79 Å². The number of benzene rings is 1. The van der Waals surface area contributed by atoms with Crippen molar-refractivity contribution in [2.24, 2.45) is 0 Å². The summed E-state index contributed by atoms with van der Waals surface area (Å²) in [6.45, 7) is 8.15. The number of ether oxygens (including phenoxy) is 1. The molecule has 1 aromatic heterocycles. The van der Waals surface area contributed by atoms with Crippen LogP contribution in [0.15, 0.2) is 30.5 Å². The first-order valence-corrected chi connectivity index (χ1v) is 9.19. The molecule has 136 valence electrons. The van der Waals surface area contributed by atoms with Crippen molar-refractivity contribution in [2.45, 2.75) is 51.7 Å². The van der Waals surface area contributed by atoms with Gasteiger partial charge in [-0.05, 0) is 58.2 Å². The standard InChI is InChI=1S/C20H29N3O2/c1-20(2,3)25-19(24)23-12-6-7-16(14-23)21-11-10-15-13-22-18-9-5-4-8-17(15)18/h4-5,8-9,13,16,21-22H,6-7,10-12,14H2,1-3H3/t16-/m1/s1. The Balaban J connectivity index is 1.49. The van der Waals surface area contributed by atoms with Crippen LogP contribution in [0, 0.1) is 0 Å². The third kappa shape index (κ3) is 4.75. The Kier molecular flexibility index (Phi) is 5.33. The lowest BCUT2D eigenvalue weighted by Crippen LogP contribution is -2.49. The number of hydrogen-bond acceptors (Lipinski definition) is 3. The predicted molar refractivity (Wildman–Crippen MR) is 101 cm³/mol. The number of hydrogen-bond donors (Lipinski definition) is 2. The van der Waals surface area contributed by atoms with Crippen molar-refractivity contribution in [2.75, 3.05) is 19.6 Å². The summed E-state index contributed by atoms with van der Waals surface area (Å²) in [7, 11) is 0.